The van der Waals surface area contributed by atoms with Crippen LogP contribution in [0.3, 0.4) is 0 Å². The highest BCUT2D eigenvalue weighted by molar-refractivity contribution is 5.80. The van der Waals surface area contributed by atoms with Gasteiger partial charge in [0.05, 0.1) is 13.2 Å². The number of hydrogen-bond donors (Lipinski definition) is 1. The molecule has 0 saturated carbocycles. The third-order valence-electron chi connectivity index (χ3n) is 4.96. The fourth-order valence-electron chi connectivity index (χ4n) is 3.46. The smallest absolute Gasteiger partial charge is 0.260 e. The number of carbonyl (C=O) groups excluding carboxylic acids is 1. The molecule has 1 fully saturated rings. The average Bonchev–Trinajstić information content (AvgIpc) is 3.23. The molecule has 1 amide bonds. The van der Waals surface area contributed by atoms with Crippen LogP contribution in [0, 0.1) is 0 Å². The van der Waals surface area contributed by atoms with Crippen LogP contribution in [0.4, 0.5) is 0 Å². The third kappa shape index (κ3) is 5.23. The minimum Gasteiger partial charge on any atom is -0.497 e. The van der Waals surface area contributed by atoms with Gasteiger partial charge in [-0.2, -0.15) is 0 Å². The second kappa shape index (κ2) is 9.42. The SMILES string of the molecule is COc1cccc(OC(C)C(=O)NCC(c2ccccc2)N2CCCC2)c1. The van der Waals surface area contributed by atoms with Crippen LogP contribution < -0.4 is 14.8 Å². The lowest BCUT2D eigenvalue weighted by Crippen LogP contribution is -2.42. The molecule has 5 nitrogen and oxygen atoms in total. The highest BCUT2D eigenvalue weighted by Gasteiger charge is 2.25. The van der Waals surface area contributed by atoms with E-state index >= 15 is 0 Å². The summed E-state index contributed by atoms with van der Waals surface area (Å²) in [7, 11) is 1.61. The first-order valence-corrected chi connectivity index (χ1v) is 9.55. The van der Waals surface area contributed by atoms with E-state index in [1.165, 1.54) is 18.4 Å². The van der Waals surface area contributed by atoms with E-state index in [1.807, 2.05) is 24.3 Å². The zero-order chi connectivity index (χ0) is 19.1. The number of methoxy groups -OCH3 is 1. The molecule has 1 heterocycles. The van der Waals surface area contributed by atoms with Crippen molar-refractivity contribution >= 4 is 5.91 Å². The molecule has 2 aromatic carbocycles. The summed E-state index contributed by atoms with van der Waals surface area (Å²) in [5.41, 5.74) is 1.24. The second-order valence-electron chi connectivity index (χ2n) is 6.85. The molecule has 0 aliphatic carbocycles. The van der Waals surface area contributed by atoms with Crippen molar-refractivity contribution in [1.29, 1.82) is 0 Å². The van der Waals surface area contributed by atoms with Crippen molar-refractivity contribution in [3.63, 3.8) is 0 Å². The summed E-state index contributed by atoms with van der Waals surface area (Å²) in [5.74, 6) is 1.22. The number of ether oxygens (including phenoxy) is 2. The Balaban J connectivity index is 1.59. The van der Waals surface area contributed by atoms with Gasteiger partial charge in [0, 0.05) is 12.6 Å². The molecule has 2 atom stereocenters. The molecular weight excluding hydrogens is 340 g/mol. The standard InChI is InChI=1S/C22H28N2O3/c1-17(27-20-12-8-11-19(15-20)26-2)22(25)23-16-21(24-13-6-7-14-24)18-9-4-3-5-10-18/h3-5,8-12,15,17,21H,6-7,13-14,16H2,1-2H3,(H,23,25). The summed E-state index contributed by atoms with van der Waals surface area (Å²) in [6, 6.07) is 17.9. The van der Waals surface area contributed by atoms with Crippen molar-refractivity contribution in [1.82, 2.24) is 10.2 Å². The molecule has 1 saturated heterocycles. The zero-order valence-corrected chi connectivity index (χ0v) is 16.1. The van der Waals surface area contributed by atoms with Gasteiger partial charge in [0.2, 0.25) is 0 Å². The zero-order valence-electron chi connectivity index (χ0n) is 16.1. The van der Waals surface area contributed by atoms with Crippen molar-refractivity contribution in [3.05, 3.63) is 60.2 Å². The first-order valence-electron chi connectivity index (χ1n) is 9.55. The Morgan fingerprint density at radius 2 is 1.78 bits per heavy atom. The summed E-state index contributed by atoms with van der Waals surface area (Å²) < 4.78 is 11.0. The van der Waals surface area contributed by atoms with Crippen molar-refractivity contribution in [2.45, 2.75) is 31.9 Å². The van der Waals surface area contributed by atoms with Crippen LogP contribution in [0.15, 0.2) is 54.6 Å². The number of likely N-dealkylation sites (tertiary alicyclic amines) is 1. The minimum absolute atomic E-state index is 0.113. The largest absolute Gasteiger partial charge is 0.497 e. The number of rotatable bonds is 8. The van der Waals surface area contributed by atoms with Crippen molar-refractivity contribution in [3.8, 4) is 11.5 Å². The number of amides is 1. The quantitative estimate of drug-likeness (QED) is 0.776. The van der Waals surface area contributed by atoms with Gasteiger partial charge in [-0.3, -0.25) is 9.69 Å². The average molecular weight is 368 g/mol. The number of nitrogens with zero attached hydrogens (tertiary/aromatic N) is 1. The predicted octanol–water partition coefficient (Wildman–Crippen LogP) is 3.42. The van der Waals surface area contributed by atoms with Gasteiger partial charge in [-0.1, -0.05) is 36.4 Å². The Hall–Kier alpha value is -2.53. The molecule has 0 radical (unpaired) electrons. The van der Waals surface area contributed by atoms with Crippen LogP contribution in [0.5, 0.6) is 11.5 Å². The van der Waals surface area contributed by atoms with E-state index in [1.54, 1.807) is 20.1 Å². The normalized spacial score (nSPS) is 16.5. The first kappa shape index (κ1) is 19.2. The molecule has 3 rings (SSSR count). The molecule has 27 heavy (non-hydrogen) atoms. The van der Waals surface area contributed by atoms with Crippen LogP contribution in [0.25, 0.3) is 0 Å². The number of hydrogen-bond acceptors (Lipinski definition) is 4. The molecule has 1 N–H and O–H groups in total. The van der Waals surface area contributed by atoms with Crippen molar-refractivity contribution < 1.29 is 14.3 Å². The Kier molecular flexibility index (Phi) is 6.71. The molecule has 2 aromatic rings. The summed E-state index contributed by atoms with van der Waals surface area (Å²) >= 11 is 0. The maximum absolute atomic E-state index is 12.6. The van der Waals surface area contributed by atoms with E-state index in [-0.39, 0.29) is 11.9 Å². The Labute approximate surface area is 161 Å². The Morgan fingerprint density at radius 1 is 1.07 bits per heavy atom. The van der Waals surface area contributed by atoms with Crippen molar-refractivity contribution in [2.24, 2.45) is 0 Å². The van der Waals surface area contributed by atoms with Gasteiger partial charge >= 0.3 is 0 Å². The third-order valence-corrected chi connectivity index (χ3v) is 4.96. The molecule has 0 aromatic heterocycles. The lowest BCUT2D eigenvalue weighted by Gasteiger charge is -2.28. The Morgan fingerprint density at radius 3 is 2.48 bits per heavy atom. The molecule has 144 valence electrons. The van der Waals surface area contributed by atoms with Crippen LogP contribution >= 0.6 is 0 Å². The van der Waals surface area contributed by atoms with Gasteiger partial charge in [0.1, 0.15) is 11.5 Å². The van der Waals surface area contributed by atoms with E-state index in [9.17, 15) is 4.79 Å². The highest BCUT2D eigenvalue weighted by Crippen LogP contribution is 2.24. The van der Waals surface area contributed by atoms with Gasteiger partial charge in [0.15, 0.2) is 6.10 Å². The number of carbonyl (C=O) groups is 1. The van der Waals surface area contributed by atoms with E-state index < -0.39 is 6.10 Å². The molecule has 0 spiro atoms. The van der Waals surface area contributed by atoms with E-state index in [0.29, 0.717) is 18.0 Å². The highest BCUT2D eigenvalue weighted by atomic mass is 16.5. The fourth-order valence-corrected chi connectivity index (χ4v) is 3.46. The summed E-state index contributed by atoms with van der Waals surface area (Å²) in [4.78, 5) is 15.0. The fraction of sp³-hybridized carbons (Fsp3) is 0.409. The number of nitrogens with one attached hydrogen (secondary N) is 1. The number of benzene rings is 2. The monoisotopic (exact) mass is 368 g/mol. The van der Waals surface area contributed by atoms with E-state index in [4.69, 9.17) is 9.47 Å². The van der Waals surface area contributed by atoms with Crippen LogP contribution in [-0.2, 0) is 4.79 Å². The molecule has 1 aliphatic heterocycles. The Bertz CT molecular complexity index is 729. The van der Waals surface area contributed by atoms with Gasteiger partial charge in [0.25, 0.3) is 5.91 Å². The lowest BCUT2D eigenvalue weighted by atomic mass is 10.1. The molecule has 5 heteroatoms. The maximum Gasteiger partial charge on any atom is 0.260 e. The van der Waals surface area contributed by atoms with Crippen LogP contribution in [0.1, 0.15) is 31.4 Å². The van der Waals surface area contributed by atoms with Gasteiger partial charge < -0.3 is 14.8 Å². The van der Waals surface area contributed by atoms with E-state index in [0.717, 1.165) is 13.1 Å². The minimum atomic E-state index is -0.577. The summed E-state index contributed by atoms with van der Waals surface area (Å²) in [6.45, 7) is 4.49. The molecule has 2 unspecified atom stereocenters. The molecular formula is C22H28N2O3. The first-order chi connectivity index (χ1) is 13.2. The second-order valence-corrected chi connectivity index (χ2v) is 6.85. The van der Waals surface area contributed by atoms with Crippen LogP contribution in [-0.4, -0.2) is 43.7 Å². The predicted molar refractivity (Wildman–Crippen MR) is 106 cm³/mol. The van der Waals surface area contributed by atoms with Gasteiger partial charge in [-0.05, 0) is 50.6 Å². The molecule has 0 bridgehead atoms. The lowest BCUT2D eigenvalue weighted by molar-refractivity contribution is -0.127. The van der Waals surface area contributed by atoms with Gasteiger partial charge in [-0.15, -0.1) is 0 Å². The summed E-state index contributed by atoms with van der Waals surface area (Å²) in [5, 5.41) is 3.07. The van der Waals surface area contributed by atoms with Crippen molar-refractivity contribution in [2.75, 3.05) is 26.7 Å². The molecule has 1 aliphatic rings. The van der Waals surface area contributed by atoms with E-state index in [2.05, 4.69) is 34.5 Å². The van der Waals surface area contributed by atoms with Crippen LogP contribution in [0.2, 0.25) is 0 Å². The summed E-state index contributed by atoms with van der Waals surface area (Å²) in [6.07, 6.45) is 1.85. The maximum atomic E-state index is 12.6. The topological polar surface area (TPSA) is 50.8 Å². The van der Waals surface area contributed by atoms with Gasteiger partial charge in [-0.25, -0.2) is 0 Å².